The van der Waals surface area contributed by atoms with Crippen molar-refractivity contribution >= 4 is 22.0 Å². The molecule has 1 amide bonds. The average Bonchev–Trinajstić information content (AvgIpc) is 2.68. The summed E-state index contributed by atoms with van der Waals surface area (Å²) in [6.07, 6.45) is 3.21. The van der Waals surface area contributed by atoms with Gasteiger partial charge in [0.05, 0.1) is 31.3 Å². The highest BCUT2D eigenvalue weighted by Crippen LogP contribution is 2.18. The van der Waals surface area contributed by atoms with E-state index in [0.29, 0.717) is 52.6 Å². The molecule has 136 valence electrons. The standard InChI is InChI=1S/C17H22N2O5S/c20-17(18-7-11-23-12-8-18)6-3-15-1-4-16(5-2-15)25(21,22)19-9-13-24-14-10-19/h1-6H,7-14H2/b6-3+. The SMILES string of the molecule is O=C(/C=C/c1ccc(S(=O)(=O)N2CCOCC2)cc1)N1CCOCC1. The quantitative estimate of drug-likeness (QED) is 0.729. The zero-order valence-corrected chi connectivity index (χ0v) is 14.8. The number of benzene rings is 1. The van der Waals surface area contributed by atoms with Crippen molar-refractivity contribution < 1.29 is 22.7 Å². The molecule has 2 heterocycles. The van der Waals surface area contributed by atoms with Crippen LogP contribution < -0.4 is 0 Å². The molecule has 3 rings (SSSR count). The second-order valence-corrected chi connectivity index (χ2v) is 7.79. The topological polar surface area (TPSA) is 76.2 Å². The van der Waals surface area contributed by atoms with Gasteiger partial charge >= 0.3 is 0 Å². The first-order valence-electron chi connectivity index (χ1n) is 8.30. The molecule has 0 unspecified atom stereocenters. The molecule has 0 atom stereocenters. The predicted octanol–water partition coefficient (Wildman–Crippen LogP) is 0.580. The van der Waals surface area contributed by atoms with E-state index in [1.54, 1.807) is 35.2 Å². The minimum Gasteiger partial charge on any atom is -0.379 e. The molecule has 0 radical (unpaired) electrons. The van der Waals surface area contributed by atoms with Crippen LogP contribution in [0.3, 0.4) is 0 Å². The molecule has 8 heteroatoms. The molecule has 0 N–H and O–H groups in total. The lowest BCUT2D eigenvalue weighted by Crippen LogP contribution is -2.40. The molecule has 7 nitrogen and oxygen atoms in total. The molecule has 0 saturated carbocycles. The molecular weight excluding hydrogens is 344 g/mol. The first kappa shape index (κ1) is 18.1. The van der Waals surface area contributed by atoms with Gasteiger partial charge in [0.2, 0.25) is 15.9 Å². The van der Waals surface area contributed by atoms with Gasteiger partial charge in [-0.15, -0.1) is 0 Å². The van der Waals surface area contributed by atoms with Gasteiger partial charge in [-0.1, -0.05) is 12.1 Å². The van der Waals surface area contributed by atoms with E-state index >= 15 is 0 Å². The normalized spacial score (nSPS) is 20.1. The molecule has 0 aliphatic carbocycles. The Balaban J connectivity index is 1.65. The van der Waals surface area contributed by atoms with Gasteiger partial charge < -0.3 is 14.4 Å². The van der Waals surface area contributed by atoms with Crippen molar-refractivity contribution in [1.82, 2.24) is 9.21 Å². The van der Waals surface area contributed by atoms with Crippen LogP contribution in [0.5, 0.6) is 0 Å². The molecule has 2 saturated heterocycles. The number of hydrogen-bond donors (Lipinski definition) is 0. The van der Waals surface area contributed by atoms with Crippen molar-refractivity contribution in [3.63, 3.8) is 0 Å². The van der Waals surface area contributed by atoms with E-state index in [1.165, 1.54) is 10.4 Å². The summed E-state index contributed by atoms with van der Waals surface area (Å²) in [7, 11) is -3.49. The van der Waals surface area contributed by atoms with Gasteiger partial charge in [0.25, 0.3) is 0 Å². The second-order valence-electron chi connectivity index (χ2n) is 5.86. The van der Waals surface area contributed by atoms with E-state index in [1.807, 2.05) is 0 Å². The van der Waals surface area contributed by atoms with Gasteiger partial charge in [-0.2, -0.15) is 4.31 Å². The lowest BCUT2D eigenvalue weighted by Gasteiger charge is -2.26. The molecular formula is C17H22N2O5S. The zero-order valence-electron chi connectivity index (χ0n) is 14.0. The van der Waals surface area contributed by atoms with Crippen LogP contribution in [0.25, 0.3) is 6.08 Å². The van der Waals surface area contributed by atoms with Gasteiger partial charge in [-0.05, 0) is 23.8 Å². The Morgan fingerprint density at radius 3 is 2.08 bits per heavy atom. The summed E-state index contributed by atoms with van der Waals surface area (Å²) in [5, 5.41) is 0. The predicted molar refractivity (Wildman–Crippen MR) is 92.5 cm³/mol. The molecule has 2 aliphatic heterocycles. The number of amides is 1. The summed E-state index contributed by atoms with van der Waals surface area (Å²) in [4.78, 5) is 14.1. The van der Waals surface area contributed by atoms with Crippen molar-refractivity contribution in [3.05, 3.63) is 35.9 Å². The number of ether oxygens (including phenoxy) is 2. The van der Waals surface area contributed by atoms with Crippen LogP contribution in [-0.4, -0.2) is 76.1 Å². The molecule has 0 aromatic heterocycles. The van der Waals surface area contributed by atoms with Crippen molar-refractivity contribution in [3.8, 4) is 0 Å². The van der Waals surface area contributed by atoms with Crippen LogP contribution in [0, 0.1) is 0 Å². The molecule has 2 fully saturated rings. The van der Waals surface area contributed by atoms with E-state index < -0.39 is 10.0 Å². The maximum Gasteiger partial charge on any atom is 0.246 e. The average molecular weight is 366 g/mol. The highest BCUT2D eigenvalue weighted by molar-refractivity contribution is 7.89. The Hall–Kier alpha value is -1.74. The molecule has 0 bridgehead atoms. The third-order valence-corrected chi connectivity index (χ3v) is 6.14. The highest BCUT2D eigenvalue weighted by atomic mass is 32.2. The first-order valence-corrected chi connectivity index (χ1v) is 9.74. The van der Waals surface area contributed by atoms with Crippen molar-refractivity contribution in [2.24, 2.45) is 0 Å². The Kier molecular flexibility index (Phi) is 5.85. The maximum atomic E-state index is 12.6. The monoisotopic (exact) mass is 366 g/mol. The summed E-state index contributed by atoms with van der Waals surface area (Å²) in [5.41, 5.74) is 0.780. The first-order chi connectivity index (χ1) is 12.1. The van der Waals surface area contributed by atoms with E-state index in [-0.39, 0.29) is 10.8 Å². The Morgan fingerprint density at radius 2 is 1.48 bits per heavy atom. The fraction of sp³-hybridized carbons (Fsp3) is 0.471. The Morgan fingerprint density at radius 1 is 0.920 bits per heavy atom. The van der Waals surface area contributed by atoms with Crippen LogP contribution in [0.4, 0.5) is 0 Å². The van der Waals surface area contributed by atoms with Crippen molar-refractivity contribution in [2.45, 2.75) is 4.90 Å². The Labute approximate surface area is 147 Å². The molecule has 1 aromatic rings. The summed E-state index contributed by atoms with van der Waals surface area (Å²) in [6.45, 7) is 3.91. The smallest absolute Gasteiger partial charge is 0.246 e. The highest BCUT2D eigenvalue weighted by Gasteiger charge is 2.25. The summed E-state index contributed by atoms with van der Waals surface area (Å²) >= 11 is 0. The molecule has 0 spiro atoms. The minimum absolute atomic E-state index is 0.0617. The zero-order chi connectivity index (χ0) is 17.7. The van der Waals surface area contributed by atoms with Crippen LogP contribution in [0.15, 0.2) is 35.2 Å². The van der Waals surface area contributed by atoms with Crippen molar-refractivity contribution in [1.29, 1.82) is 0 Å². The number of morpholine rings is 2. The van der Waals surface area contributed by atoms with E-state index in [9.17, 15) is 13.2 Å². The molecule has 25 heavy (non-hydrogen) atoms. The fourth-order valence-corrected chi connectivity index (χ4v) is 4.15. The van der Waals surface area contributed by atoms with Gasteiger partial charge in [0, 0.05) is 32.3 Å². The van der Waals surface area contributed by atoms with Gasteiger partial charge in [0.15, 0.2) is 0 Å². The summed E-state index contributed by atoms with van der Waals surface area (Å²) < 4.78 is 37.0. The minimum atomic E-state index is -3.49. The number of carbonyl (C=O) groups excluding carboxylic acids is 1. The lowest BCUT2D eigenvalue weighted by atomic mass is 10.2. The number of sulfonamides is 1. The van der Waals surface area contributed by atoms with Gasteiger partial charge in [-0.3, -0.25) is 4.79 Å². The van der Waals surface area contributed by atoms with Gasteiger partial charge in [0.1, 0.15) is 0 Å². The van der Waals surface area contributed by atoms with Crippen LogP contribution in [0.2, 0.25) is 0 Å². The van der Waals surface area contributed by atoms with E-state index in [0.717, 1.165) is 5.56 Å². The summed E-state index contributed by atoms with van der Waals surface area (Å²) in [6, 6.07) is 6.56. The lowest BCUT2D eigenvalue weighted by molar-refractivity contribution is -0.129. The number of carbonyl (C=O) groups is 1. The molecule has 2 aliphatic rings. The van der Waals surface area contributed by atoms with E-state index in [4.69, 9.17) is 9.47 Å². The largest absolute Gasteiger partial charge is 0.379 e. The number of rotatable bonds is 4. The maximum absolute atomic E-state index is 12.6. The van der Waals surface area contributed by atoms with E-state index in [2.05, 4.69) is 0 Å². The van der Waals surface area contributed by atoms with Gasteiger partial charge in [-0.25, -0.2) is 8.42 Å². The Bertz CT molecular complexity index is 718. The number of nitrogens with zero attached hydrogens (tertiary/aromatic N) is 2. The second kappa shape index (κ2) is 8.09. The van der Waals surface area contributed by atoms with Crippen LogP contribution in [0.1, 0.15) is 5.56 Å². The van der Waals surface area contributed by atoms with Crippen LogP contribution in [-0.2, 0) is 24.3 Å². The van der Waals surface area contributed by atoms with Crippen LogP contribution >= 0.6 is 0 Å². The molecule has 1 aromatic carbocycles. The number of hydrogen-bond acceptors (Lipinski definition) is 5. The third kappa shape index (κ3) is 4.46. The summed E-state index contributed by atoms with van der Waals surface area (Å²) in [5.74, 6) is -0.0617. The third-order valence-electron chi connectivity index (χ3n) is 4.23. The fourth-order valence-electron chi connectivity index (χ4n) is 2.74. The van der Waals surface area contributed by atoms with Crippen molar-refractivity contribution in [2.75, 3.05) is 52.6 Å².